The lowest BCUT2D eigenvalue weighted by atomic mass is 9.86. The number of esters is 1. The zero-order chi connectivity index (χ0) is 17.9. The molecule has 0 bridgehead atoms. The second-order valence-electron chi connectivity index (χ2n) is 6.01. The van der Waals surface area contributed by atoms with E-state index in [0.29, 0.717) is 5.92 Å². The average Bonchev–Trinajstić information content (AvgIpc) is 2.54. The summed E-state index contributed by atoms with van der Waals surface area (Å²) in [4.78, 5) is 28.2. The Hall–Kier alpha value is -1.04. The maximum absolute atomic E-state index is 12.2. The Kier molecular flexibility index (Phi) is 6.72. The van der Waals surface area contributed by atoms with Gasteiger partial charge in [0.15, 0.2) is 11.8 Å². The minimum atomic E-state index is -0.959. The summed E-state index contributed by atoms with van der Waals surface area (Å²) in [6, 6.07) is 0.110. The van der Waals surface area contributed by atoms with Gasteiger partial charge in [-0.15, -0.1) is 0 Å². The monoisotopic (exact) mass is 392 g/mol. The van der Waals surface area contributed by atoms with Crippen molar-refractivity contribution in [2.24, 2.45) is 5.92 Å². The van der Waals surface area contributed by atoms with Crippen LogP contribution in [0.3, 0.4) is 0 Å². The zero-order valence-corrected chi connectivity index (χ0v) is 15.7. The fourth-order valence-corrected chi connectivity index (χ4v) is 3.24. The summed E-state index contributed by atoms with van der Waals surface area (Å²) < 4.78 is 5.15. The number of ether oxygens (including phenoxy) is 1. The molecule has 3 atom stereocenters. The molecule has 1 amide bonds. The SMILES string of the molecule is C[C@@H]1CCCC[C@@H]1NC(=O)[C@@H](C)OC(=O)c1ncc(Cl)c(Cl)c1Cl. The van der Waals surface area contributed by atoms with Gasteiger partial charge in [-0.2, -0.15) is 0 Å². The maximum Gasteiger partial charge on any atom is 0.359 e. The molecule has 0 spiro atoms. The van der Waals surface area contributed by atoms with Crippen molar-refractivity contribution in [1.29, 1.82) is 0 Å². The van der Waals surface area contributed by atoms with Crippen LogP contribution in [0.2, 0.25) is 15.1 Å². The summed E-state index contributed by atoms with van der Waals surface area (Å²) in [6.07, 6.45) is 4.54. The van der Waals surface area contributed by atoms with Crippen LogP contribution in [-0.2, 0) is 9.53 Å². The zero-order valence-electron chi connectivity index (χ0n) is 13.4. The number of rotatable bonds is 4. The first-order chi connectivity index (χ1) is 11.3. The first-order valence-corrected chi connectivity index (χ1v) is 8.95. The predicted octanol–water partition coefficient (Wildman–Crippen LogP) is 4.28. The van der Waals surface area contributed by atoms with Gasteiger partial charge in [0.05, 0.1) is 15.1 Å². The van der Waals surface area contributed by atoms with Crippen LogP contribution in [0.4, 0.5) is 0 Å². The molecule has 132 valence electrons. The van der Waals surface area contributed by atoms with Gasteiger partial charge < -0.3 is 10.1 Å². The van der Waals surface area contributed by atoms with E-state index in [1.807, 2.05) is 0 Å². The van der Waals surface area contributed by atoms with Crippen molar-refractivity contribution in [3.63, 3.8) is 0 Å². The van der Waals surface area contributed by atoms with Gasteiger partial charge >= 0.3 is 5.97 Å². The number of nitrogens with one attached hydrogen (secondary N) is 1. The second kappa shape index (κ2) is 8.37. The van der Waals surface area contributed by atoms with E-state index in [0.717, 1.165) is 19.3 Å². The molecule has 1 heterocycles. The van der Waals surface area contributed by atoms with E-state index in [-0.39, 0.29) is 32.7 Å². The molecule has 0 unspecified atom stereocenters. The standard InChI is InChI=1S/C16H19Cl3N2O3/c1-8-5-3-4-6-11(8)21-15(22)9(2)24-16(23)14-13(19)12(18)10(17)7-20-14/h7-9,11H,3-6H2,1-2H3,(H,21,22)/t8-,9-,11+/m1/s1. The quantitative estimate of drug-likeness (QED) is 0.775. The number of hydrogen-bond donors (Lipinski definition) is 1. The number of pyridine rings is 1. The summed E-state index contributed by atoms with van der Waals surface area (Å²) in [5, 5.41) is 3.01. The number of carbonyl (C=O) groups excluding carboxylic acids is 2. The van der Waals surface area contributed by atoms with Gasteiger partial charge in [0, 0.05) is 12.2 Å². The third-order valence-electron chi connectivity index (χ3n) is 4.20. The molecular formula is C16H19Cl3N2O3. The van der Waals surface area contributed by atoms with Gasteiger partial charge in [-0.1, -0.05) is 54.6 Å². The largest absolute Gasteiger partial charge is 0.448 e. The van der Waals surface area contributed by atoms with Gasteiger partial charge in [-0.25, -0.2) is 9.78 Å². The highest BCUT2D eigenvalue weighted by Crippen LogP contribution is 2.31. The molecule has 8 heteroatoms. The van der Waals surface area contributed by atoms with Gasteiger partial charge in [-0.3, -0.25) is 4.79 Å². The van der Waals surface area contributed by atoms with Crippen molar-refractivity contribution >= 4 is 46.7 Å². The lowest BCUT2D eigenvalue weighted by Crippen LogP contribution is -2.46. The van der Waals surface area contributed by atoms with Crippen molar-refractivity contribution in [3.8, 4) is 0 Å². The molecule has 0 radical (unpaired) electrons. The first-order valence-electron chi connectivity index (χ1n) is 7.82. The van der Waals surface area contributed by atoms with Gasteiger partial charge in [0.1, 0.15) is 0 Å². The van der Waals surface area contributed by atoms with E-state index >= 15 is 0 Å². The molecule has 1 aliphatic carbocycles. The maximum atomic E-state index is 12.2. The Balaban J connectivity index is 1.98. The van der Waals surface area contributed by atoms with Crippen molar-refractivity contribution in [1.82, 2.24) is 10.3 Å². The molecule has 1 aromatic rings. The Morgan fingerprint density at radius 1 is 1.25 bits per heavy atom. The summed E-state index contributed by atoms with van der Waals surface area (Å²) >= 11 is 17.6. The summed E-state index contributed by atoms with van der Waals surface area (Å²) in [6.45, 7) is 3.62. The molecule has 1 fully saturated rings. The fourth-order valence-electron chi connectivity index (χ4n) is 2.69. The van der Waals surface area contributed by atoms with E-state index in [1.165, 1.54) is 19.5 Å². The molecule has 1 aliphatic rings. The van der Waals surface area contributed by atoms with E-state index < -0.39 is 12.1 Å². The Morgan fingerprint density at radius 3 is 2.58 bits per heavy atom. The number of amides is 1. The van der Waals surface area contributed by atoms with Crippen LogP contribution < -0.4 is 5.32 Å². The molecule has 1 N–H and O–H groups in total. The predicted molar refractivity (Wildman–Crippen MR) is 93.7 cm³/mol. The molecular weight excluding hydrogens is 375 g/mol. The van der Waals surface area contributed by atoms with Gasteiger partial charge in [-0.05, 0) is 25.7 Å². The highest BCUT2D eigenvalue weighted by molar-refractivity contribution is 6.48. The van der Waals surface area contributed by atoms with E-state index in [9.17, 15) is 9.59 Å². The van der Waals surface area contributed by atoms with Crippen molar-refractivity contribution in [2.75, 3.05) is 0 Å². The average molecular weight is 394 g/mol. The molecule has 24 heavy (non-hydrogen) atoms. The number of carbonyl (C=O) groups is 2. The highest BCUT2D eigenvalue weighted by Gasteiger charge is 2.27. The Labute approximate surface area is 156 Å². The van der Waals surface area contributed by atoms with Crippen LogP contribution in [0.15, 0.2) is 6.20 Å². The summed E-state index contributed by atoms with van der Waals surface area (Å²) in [5.74, 6) is -0.743. The summed E-state index contributed by atoms with van der Waals surface area (Å²) in [5.41, 5.74) is -0.170. The molecule has 1 saturated carbocycles. The number of nitrogens with zero attached hydrogens (tertiary/aromatic N) is 1. The minimum Gasteiger partial charge on any atom is -0.448 e. The molecule has 1 aromatic heterocycles. The fraction of sp³-hybridized carbons (Fsp3) is 0.562. The lowest BCUT2D eigenvalue weighted by Gasteiger charge is -2.30. The van der Waals surface area contributed by atoms with Crippen LogP contribution >= 0.6 is 34.8 Å². The van der Waals surface area contributed by atoms with Gasteiger partial charge in [0.25, 0.3) is 5.91 Å². The Bertz CT molecular complexity index is 639. The molecule has 0 aromatic carbocycles. The van der Waals surface area contributed by atoms with E-state index in [1.54, 1.807) is 0 Å². The topological polar surface area (TPSA) is 68.3 Å². The molecule has 2 rings (SSSR count). The van der Waals surface area contributed by atoms with Crippen LogP contribution in [0.25, 0.3) is 0 Å². The van der Waals surface area contributed by atoms with Crippen LogP contribution in [0, 0.1) is 5.92 Å². The first kappa shape index (κ1) is 19.3. The molecule has 0 saturated heterocycles. The van der Waals surface area contributed by atoms with Crippen LogP contribution in [0.1, 0.15) is 50.0 Å². The smallest absolute Gasteiger partial charge is 0.359 e. The van der Waals surface area contributed by atoms with E-state index in [2.05, 4.69) is 17.2 Å². The lowest BCUT2D eigenvalue weighted by molar-refractivity contribution is -0.130. The summed E-state index contributed by atoms with van der Waals surface area (Å²) in [7, 11) is 0. The molecule has 5 nitrogen and oxygen atoms in total. The normalized spacial score (nSPS) is 21.9. The van der Waals surface area contributed by atoms with E-state index in [4.69, 9.17) is 39.5 Å². The minimum absolute atomic E-state index is 0.0217. The van der Waals surface area contributed by atoms with Crippen molar-refractivity contribution in [2.45, 2.75) is 51.7 Å². The molecule has 0 aliphatic heterocycles. The number of aromatic nitrogens is 1. The Morgan fingerprint density at radius 2 is 1.92 bits per heavy atom. The highest BCUT2D eigenvalue weighted by atomic mass is 35.5. The second-order valence-corrected chi connectivity index (χ2v) is 7.17. The number of hydrogen-bond acceptors (Lipinski definition) is 4. The van der Waals surface area contributed by atoms with Crippen molar-refractivity contribution in [3.05, 3.63) is 27.0 Å². The van der Waals surface area contributed by atoms with Gasteiger partial charge in [0.2, 0.25) is 0 Å². The third kappa shape index (κ3) is 4.52. The number of halogens is 3. The van der Waals surface area contributed by atoms with Crippen LogP contribution in [-0.4, -0.2) is 29.0 Å². The third-order valence-corrected chi connectivity index (χ3v) is 5.44. The van der Waals surface area contributed by atoms with Crippen LogP contribution in [0.5, 0.6) is 0 Å². The van der Waals surface area contributed by atoms with Crippen molar-refractivity contribution < 1.29 is 14.3 Å².